The summed E-state index contributed by atoms with van der Waals surface area (Å²) in [5.74, 6) is -5.27. The maximum atomic E-state index is 13.3. The van der Waals surface area contributed by atoms with Crippen LogP contribution < -0.4 is 0 Å². The van der Waals surface area contributed by atoms with Crippen molar-refractivity contribution in [3.05, 3.63) is 46.4 Å². The molecule has 0 saturated carbocycles. The molecular formula is C10H4F4N2S. The van der Waals surface area contributed by atoms with E-state index in [2.05, 4.69) is 22.2 Å². The average molecular weight is 260 g/mol. The molecule has 0 amide bonds. The lowest BCUT2D eigenvalue weighted by Crippen LogP contribution is -1.96. The van der Waals surface area contributed by atoms with E-state index in [1.807, 2.05) is 0 Å². The van der Waals surface area contributed by atoms with Gasteiger partial charge in [0.25, 0.3) is 0 Å². The molecule has 0 aliphatic carbocycles. The van der Waals surface area contributed by atoms with Crippen molar-refractivity contribution in [1.29, 1.82) is 0 Å². The van der Waals surface area contributed by atoms with Gasteiger partial charge < -0.3 is 4.98 Å². The number of hydrogen-bond donors (Lipinski definition) is 1. The lowest BCUT2D eigenvalue weighted by molar-refractivity contribution is 0.447. The molecule has 0 saturated heterocycles. The lowest BCUT2D eigenvalue weighted by Gasteiger charge is -2.04. The molecule has 1 N–H and O–H groups in total. The monoisotopic (exact) mass is 260 g/mol. The number of nitrogens with zero attached hydrogens (tertiary/aromatic N) is 1. The zero-order valence-electron chi connectivity index (χ0n) is 8.10. The molecule has 0 bridgehead atoms. The zero-order chi connectivity index (χ0) is 12.6. The molecule has 0 spiro atoms. The summed E-state index contributed by atoms with van der Waals surface area (Å²) in [4.78, 5) is 5.79. The van der Waals surface area contributed by atoms with Crippen LogP contribution in [-0.4, -0.2) is 9.97 Å². The van der Waals surface area contributed by atoms with Gasteiger partial charge in [-0.3, -0.25) is 0 Å². The second-order valence-electron chi connectivity index (χ2n) is 3.17. The molecular weight excluding hydrogens is 256 g/mol. The standard InChI is InChI=1S/C10H4F4N2S/c11-5-1-4(2-6(12)8(5)14)9-7(13)3-15-10(17)16-9/h1-3H,(H,15,16,17). The number of hydrogen-bond acceptors (Lipinski definition) is 2. The molecule has 2 rings (SSSR count). The van der Waals surface area contributed by atoms with Gasteiger partial charge >= 0.3 is 0 Å². The Bertz CT molecular complexity index is 615. The van der Waals surface area contributed by atoms with E-state index < -0.39 is 23.3 Å². The van der Waals surface area contributed by atoms with Crippen LogP contribution in [-0.2, 0) is 0 Å². The Morgan fingerprint density at radius 2 is 1.59 bits per heavy atom. The maximum Gasteiger partial charge on any atom is 0.197 e. The molecule has 1 aromatic heterocycles. The normalized spacial score (nSPS) is 10.6. The highest BCUT2D eigenvalue weighted by Crippen LogP contribution is 2.23. The zero-order valence-corrected chi connectivity index (χ0v) is 8.92. The van der Waals surface area contributed by atoms with E-state index in [0.29, 0.717) is 12.1 Å². The summed E-state index contributed by atoms with van der Waals surface area (Å²) in [7, 11) is 0. The fourth-order valence-corrected chi connectivity index (χ4v) is 1.44. The van der Waals surface area contributed by atoms with E-state index in [9.17, 15) is 17.6 Å². The number of aromatic nitrogens is 2. The minimum atomic E-state index is -1.61. The predicted octanol–water partition coefficient (Wildman–Crippen LogP) is 3.36. The molecule has 1 aromatic carbocycles. The lowest BCUT2D eigenvalue weighted by atomic mass is 10.1. The van der Waals surface area contributed by atoms with Crippen LogP contribution in [0.4, 0.5) is 17.6 Å². The first-order valence-electron chi connectivity index (χ1n) is 4.39. The molecule has 7 heteroatoms. The Kier molecular flexibility index (Phi) is 2.93. The van der Waals surface area contributed by atoms with Crippen molar-refractivity contribution in [3.8, 4) is 11.3 Å². The van der Waals surface area contributed by atoms with Crippen LogP contribution in [0.15, 0.2) is 18.3 Å². The molecule has 0 atom stereocenters. The SMILES string of the molecule is Fc1cnc(=S)[nH]c1-c1cc(F)c(F)c(F)c1. The highest BCUT2D eigenvalue weighted by atomic mass is 32.1. The van der Waals surface area contributed by atoms with Gasteiger partial charge in [-0.05, 0) is 24.4 Å². The van der Waals surface area contributed by atoms with Crippen molar-refractivity contribution in [1.82, 2.24) is 9.97 Å². The molecule has 1 heterocycles. The summed E-state index contributed by atoms with van der Waals surface area (Å²) < 4.78 is 51.9. The second kappa shape index (κ2) is 4.25. The Labute approximate surface area is 97.9 Å². The fraction of sp³-hybridized carbons (Fsp3) is 0. The summed E-state index contributed by atoms with van der Waals surface area (Å²) in [5, 5.41) is 0. The highest BCUT2D eigenvalue weighted by Gasteiger charge is 2.14. The Hall–Kier alpha value is -1.76. The number of aromatic amines is 1. The quantitative estimate of drug-likeness (QED) is 0.484. The van der Waals surface area contributed by atoms with Crippen LogP contribution in [0.1, 0.15) is 0 Å². The summed E-state index contributed by atoms with van der Waals surface area (Å²) in [6, 6.07) is 1.34. The third-order valence-corrected chi connectivity index (χ3v) is 2.25. The van der Waals surface area contributed by atoms with Gasteiger partial charge in [0.1, 0.15) is 0 Å². The Morgan fingerprint density at radius 3 is 2.18 bits per heavy atom. The summed E-state index contributed by atoms with van der Waals surface area (Å²) in [6.07, 6.45) is 0.813. The third-order valence-electron chi connectivity index (χ3n) is 2.04. The van der Waals surface area contributed by atoms with Crippen LogP contribution in [0, 0.1) is 28.0 Å². The molecule has 0 unspecified atom stereocenters. The molecule has 0 aliphatic rings. The van der Waals surface area contributed by atoms with E-state index in [1.54, 1.807) is 0 Å². The Balaban J connectivity index is 2.69. The first-order valence-corrected chi connectivity index (χ1v) is 4.79. The number of H-pyrrole nitrogens is 1. The van der Waals surface area contributed by atoms with Crippen molar-refractivity contribution in [2.24, 2.45) is 0 Å². The molecule has 0 aliphatic heterocycles. The van der Waals surface area contributed by atoms with E-state index in [1.165, 1.54) is 0 Å². The first kappa shape index (κ1) is 11.7. The van der Waals surface area contributed by atoms with Gasteiger partial charge in [0, 0.05) is 5.56 Å². The minimum Gasteiger partial charge on any atom is -0.328 e. The van der Waals surface area contributed by atoms with Crippen LogP contribution >= 0.6 is 12.2 Å². The maximum absolute atomic E-state index is 13.3. The smallest absolute Gasteiger partial charge is 0.197 e. The first-order chi connectivity index (χ1) is 7.99. The van der Waals surface area contributed by atoms with E-state index in [4.69, 9.17) is 0 Å². The topological polar surface area (TPSA) is 28.7 Å². The summed E-state index contributed by atoms with van der Waals surface area (Å²) >= 11 is 4.66. The van der Waals surface area contributed by atoms with E-state index >= 15 is 0 Å². The van der Waals surface area contributed by atoms with Gasteiger partial charge in [-0.25, -0.2) is 22.5 Å². The number of rotatable bonds is 1. The van der Waals surface area contributed by atoms with Gasteiger partial charge in [0.05, 0.1) is 11.9 Å². The summed E-state index contributed by atoms with van der Waals surface area (Å²) in [6.45, 7) is 0. The molecule has 2 aromatic rings. The Morgan fingerprint density at radius 1 is 1.00 bits per heavy atom. The van der Waals surface area contributed by atoms with Crippen LogP contribution in [0.3, 0.4) is 0 Å². The third kappa shape index (κ3) is 2.19. The number of benzene rings is 1. The van der Waals surface area contributed by atoms with Crippen LogP contribution in [0.25, 0.3) is 11.3 Å². The van der Waals surface area contributed by atoms with Crippen molar-refractivity contribution < 1.29 is 17.6 Å². The van der Waals surface area contributed by atoms with Crippen molar-refractivity contribution in [2.75, 3.05) is 0 Å². The molecule has 0 fully saturated rings. The van der Waals surface area contributed by atoms with Gasteiger partial charge in [-0.15, -0.1) is 0 Å². The highest BCUT2D eigenvalue weighted by molar-refractivity contribution is 7.71. The van der Waals surface area contributed by atoms with Crippen molar-refractivity contribution in [3.63, 3.8) is 0 Å². The molecule has 2 nitrogen and oxygen atoms in total. The fourth-order valence-electron chi connectivity index (χ4n) is 1.29. The second-order valence-corrected chi connectivity index (χ2v) is 3.55. The number of nitrogens with one attached hydrogen (secondary N) is 1. The van der Waals surface area contributed by atoms with Crippen LogP contribution in [0.2, 0.25) is 0 Å². The van der Waals surface area contributed by atoms with E-state index in [-0.39, 0.29) is 16.0 Å². The van der Waals surface area contributed by atoms with Gasteiger partial charge in [-0.1, -0.05) is 0 Å². The van der Waals surface area contributed by atoms with Gasteiger partial charge in [-0.2, -0.15) is 0 Å². The largest absolute Gasteiger partial charge is 0.328 e. The number of halogens is 4. The minimum absolute atomic E-state index is 0.0495. The molecule has 0 radical (unpaired) electrons. The van der Waals surface area contributed by atoms with Gasteiger partial charge in [0.2, 0.25) is 0 Å². The predicted molar refractivity (Wildman–Crippen MR) is 54.7 cm³/mol. The average Bonchev–Trinajstić information content (AvgIpc) is 2.28. The summed E-state index contributed by atoms with van der Waals surface area (Å²) in [5.41, 5.74) is -0.435. The van der Waals surface area contributed by atoms with E-state index in [0.717, 1.165) is 6.20 Å². The van der Waals surface area contributed by atoms with Crippen LogP contribution in [0.5, 0.6) is 0 Å². The molecule has 88 valence electrons. The van der Waals surface area contributed by atoms with Crippen molar-refractivity contribution in [2.45, 2.75) is 0 Å². The van der Waals surface area contributed by atoms with Crippen molar-refractivity contribution >= 4 is 12.2 Å². The van der Waals surface area contributed by atoms with Gasteiger partial charge in [0.15, 0.2) is 28.0 Å². The molecule has 17 heavy (non-hydrogen) atoms.